The molecule has 2 rings (SSSR count). The van der Waals surface area contributed by atoms with Crippen molar-refractivity contribution in [2.75, 3.05) is 19.0 Å². The lowest BCUT2D eigenvalue weighted by atomic mass is 10.2. The third-order valence-corrected chi connectivity index (χ3v) is 3.22. The van der Waals surface area contributed by atoms with Crippen LogP contribution in [0.5, 0.6) is 11.5 Å². The van der Waals surface area contributed by atoms with Gasteiger partial charge >= 0.3 is 0 Å². The van der Waals surface area contributed by atoms with Gasteiger partial charge in [-0.15, -0.1) is 0 Å². The standard InChI is InChI=1S/C18H21NO3/c1-13-5-4-6-15(11-13)22-10-9-18(20)19-16-12-14(2)7-8-17(16)21-3/h4-8,11-12H,9-10H2,1-3H3,(H,19,20). The molecule has 22 heavy (non-hydrogen) atoms. The Labute approximate surface area is 131 Å². The number of hydrogen-bond acceptors (Lipinski definition) is 3. The molecule has 4 nitrogen and oxygen atoms in total. The van der Waals surface area contributed by atoms with E-state index in [1.165, 1.54) is 0 Å². The first kappa shape index (κ1) is 15.9. The maximum Gasteiger partial charge on any atom is 0.227 e. The number of amides is 1. The van der Waals surface area contributed by atoms with Crippen LogP contribution in [-0.2, 0) is 4.79 Å². The summed E-state index contributed by atoms with van der Waals surface area (Å²) in [7, 11) is 1.58. The molecule has 0 aliphatic rings. The number of aryl methyl sites for hydroxylation is 2. The molecule has 0 fully saturated rings. The third-order valence-electron chi connectivity index (χ3n) is 3.22. The van der Waals surface area contributed by atoms with Crippen molar-refractivity contribution in [3.63, 3.8) is 0 Å². The summed E-state index contributed by atoms with van der Waals surface area (Å²) in [6.45, 7) is 4.31. The molecule has 0 radical (unpaired) electrons. The molecule has 1 N–H and O–H groups in total. The first-order valence-corrected chi connectivity index (χ1v) is 7.22. The Hall–Kier alpha value is -2.49. The van der Waals surface area contributed by atoms with Gasteiger partial charge in [0.1, 0.15) is 11.5 Å². The van der Waals surface area contributed by atoms with E-state index in [1.807, 2.05) is 56.3 Å². The molecule has 0 saturated carbocycles. The summed E-state index contributed by atoms with van der Waals surface area (Å²) in [5.41, 5.74) is 2.88. The van der Waals surface area contributed by atoms with Crippen LogP contribution in [0.15, 0.2) is 42.5 Å². The van der Waals surface area contributed by atoms with Crippen molar-refractivity contribution in [3.8, 4) is 11.5 Å². The summed E-state index contributed by atoms with van der Waals surface area (Å²) < 4.78 is 10.8. The second-order valence-corrected chi connectivity index (χ2v) is 5.17. The summed E-state index contributed by atoms with van der Waals surface area (Å²) in [6, 6.07) is 13.4. The monoisotopic (exact) mass is 299 g/mol. The second kappa shape index (κ2) is 7.50. The summed E-state index contributed by atoms with van der Waals surface area (Å²) in [6.07, 6.45) is 0.283. The summed E-state index contributed by atoms with van der Waals surface area (Å²) >= 11 is 0. The molecule has 0 bridgehead atoms. The Kier molecular flexibility index (Phi) is 5.42. The van der Waals surface area contributed by atoms with E-state index in [9.17, 15) is 4.79 Å². The van der Waals surface area contributed by atoms with Crippen molar-refractivity contribution in [2.24, 2.45) is 0 Å². The van der Waals surface area contributed by atoms with Crippen LogP contribution in [-0.4, -0.2) is 19.6 Å². The maximum absolute atomic E-state index is 12.0. The van der Waals surface area contributed by atoms with E-state index in [-0.39, 0.29) is 12.3 Å². The van der Waals surface area contributed by atoms with Crippen LogP contribution in [0.4, 0.5) is 5.69 Å². The van der Waals surface area contributed by atoms with Gasteiger partial charge in [-0.05, 0) is 49.2 Å². The van der Waals surface area contributed by atoms with Gasteiger partial charge in [0, 0.05) is 0 Å². The lowest BCUT2D eigenvalue weighted by Crippen LogP contribution is -2.15. The van der Waals surface area contributed by atoms with Crippen LogP contribution in [0.3, 0.4) is 0 Å². The zero-order chi connectivity index (χ0) is 15.9. The number of ether oxygens (including phenoxy) is 2. The topological polar surface area (TPSA) is 47.6 Å². The highest BCUT2D eigenvalue weighted by molar-refractivity contribution is 5.92. The van der Waals surface area contributed by atoms with Gasteiger partial charge in [0.25, 0.3) is 0 Å². The average Bonchev–Trinajstić information content (AvgIpc) is 2.47. The number of hydrogen-bond donors (Lipinski definition) is 1. The fraction of sp³-hybridized carbons (Fsp3) is 0.278. The normalized spacial score (nSPS) is 10.1. The molecule has 2 aromatic rings. The Bertz CT molecular complexity index is 653. The Morgan fingerprint density at radius 3 is 2.59 bits per heavy atom. The predicted octanol–water partition coefficient (Wildman–Crippen LogP) is 3.72. The van der Waals surface area contributed by atoms with Gasteiger partial charge in [0.15, 0.2) is 0 Å². The Morgan fingerprint density at radius 1 is 1.09 bits per heavy atom. The van der Waals surface area contributed by atoms with Crippen molar-refractivity contribution in [3.05, 3.63) is 53.6 Å². The Morgan fingerprint density at radius 2 is 1.86 bits per heavy atom. The molecule has 116 valence electrons. The minimum absolute atomic E-state index is 0.100. The second-order valence-electron chi connectivity index (χ2n) is 5.17. The molecule has 0 spiro atoms. The molecule has 1 amide bonds. The van der Waals surface area contributed by atoms with E-state index >= 15 is 0 Å². The lowest BCUT2D eigenvalue weighted by Gasteiger charge is -2.11. The number of anilines is 1. The third kappa shape index (κ3) is 4.52. The van der Waals surface area contributed by atoms with Gasteiger partial charge in [-0.3, -0.25) is 4.79 Å². The van der Waals surface area contributed by atoms with E-state index < -0.39 is 0 Å². The SMILES string of the molecule is COc1ccc(C)cc1NC(=O)CCOc1cccc(C)c1. The van der Waals surface area contributed by atoms with Crippen LogP contribution in [0.25, 0.3) is 0 Å². The lowest BCUT2D eigenvalue weighted by molar-refractivity contribution is -0.116. The van der Waals surface area contributed by atoms with E-state index in [0.717, 1.165) is 16.9 Å². The van der Waals surface area contributed by atoms with Crippen molar-refractivity contribution < 1.29 is 14.3 Å². The van der Waals surface area contributed by atoms with Gasteiger partial charge in [-0.2, -0.15) is 0 Å². The minimum Gasteiger partial charge on any atom is -0.495 e. The molecular formula is C18H21NO3. The van der Waals surface area contributed by atoms with Gasteiger partial charge in [-0.1, -0.05) is 18.2 Å². The van der Waals surface area contributed by atoms with Crippen LogP contribution < -0.4 is 14.8 Å². The minimum atomic E-state index is -0.100. The summed E-state index contributed by atoms with van der Waals surface area (Å²) in [5.74, 6) is 1.33. The first-order chi connectivity index (χ1) is 10.6. The highest BCUT2D eigenvalue weighted by atomic mass is 16.5. The number of methoxy groups -OCH3 is 1. The van der Waals surface area contributed by atoms with Gasteiger partial charge in [-0.25, -0.2) is 0 Å². The number of carbonyl (C=O) groups is 1. The van der Waals surface area contributed by atoms with Crippen LogP contribution >= 0.6 is 0 Å². The van der Waals surface area contributed by atoms with Crippen molar-refractivity contribution in [2.45, 2.75) is 20.3 Å². The molecule has 4 heteroatoms. The molecule has 0 aromatic heterocycles. The Balaban J connectivity index is 1.87. The van der Waals surface area contributed by atoms with Crippen molar-refractivity contribution in [1.29, 1.82) is 0 Å². The zero-order valence-electron chi connectivity index (χ0n) is 13.2. The maximum atomic E-state index is 12.0. The fourth-order valence-corrected chi connectivity index (χ4v) is 2.10. The summed E-state index contributed by atoms with van der Waals surface area (Å²) in [4.78, 5) is 12.0. The van der Waals surface area contributed by atoms with Crippen LogP contribution in [0.1, 0.15) is 17.5 Å². The number of rotatable bonds is 6. The van der Waals surface area contributed by atoms with Gasteiger partial charge in [0.05, 0.1) is 25.8 Å². The van der Waals surface area contributed by atoms with Crippen molar-refractivity contribution in [1.82, 2.24) is 0 Å². The quantitative estimate of drug-likeness (QED) is 0.884. The molecule has 0 atom stereocenters. The molecule has 0 unspecified atom stereocenters. The summed E-state index contributed by atoms with van der Waals surface area (Å²) in [5, 5.41) is 2.86. The van der Waals surface area contributed by atoms with E-state index in [4.69, 9.17) is 9.47 Å². The van der Waals surface area contributed by atoms with Crippen LogP contribution in [0, 0.1) is 13.8 Å². The zero-order valence-corrected chi connectivity index (χ0v) is 13.2. The fourth-order valence-electron chi connectivity index (χ4n) is 2.10. The highest BCUT2D eigenvalue weighted by Crippen LogP contribution is 2.25. The molecule has 0 saturated heterocycles. The molecule has 0 aliphatic carbocycles. The largest absolute Gasteiger partial charge is 0.495 e. The first-order valence-electron chi connectivity index (χ1n) is 7.22. The number of carbonyl (C=O) groups excluding carboxylic acids is 1. The molecule has 0 aliphatic heterocycles. The number of nitrogens with one attached hydrogen (secondary N) is 1. The average molecular weight is 299 g/mol. The van der Waals surface area contributed by atoms with Crippen LogP contribution in [0.2, 0.25) is 0 Å². The van der Waals surface area contributed by atoms with E-state index in [0.29, 0.717) is 18.0 Å². The molecule has 0 heterocycles. The van der Waals surface area contributed by atoms with Crippen molar-refractivity contribution >= 4 is 11.6 Å². The predicted molar refractivity (Wildman–Crippen MR) is 87.7 cm³/mol. The smallest absolute Gasteiger partial charge is 0.227 e. The highest BCUT2D eigenvalue weighted by Gasteiger charge is 2.08. The molecule has 2 aromatic carbocycles. The van der Waals surface area contributed by atoms with E-state index in [1.54, 1.807) is 7.11 Å². The molecular weight excluding hydrogens is 278 g/mol. The van der Waals surface area contributed by atoms with Gasteiger partial charge in [0.2, 0.25) is 5.91 Å². The van der Waals surface area contributed by atoms with Gasteiger partial charge < -0.3 is 14.8 Å². The van der Waals surface area contributed by atoms with E-state index in [2.05, 4.69) is 5.32 Å². The number of benzene rings is 2.